The Morgan fingerprint density at radius 2 is 1.01 bits per heavy atom. The molecular formula is C56H59F2N8O14-. The van der Waals surface area contributed by atoms with Gasteiger partial charge in [-0.3, -0.25) is 28.3 Å². The van der Waals surface area contributed by atoms with Crippen LogP contribution in [0, 0.1) is 25.5 Å². The van der Waals surface area contributed by atoms with Crippen molar-refractivity contribution in [3.05, 3.63) is 186 Å². The van der Waals surface area contributed by atoms with Crippen LogP contribution in [0.2, 0.25) is 0 Å². The second-order valence-corrected chi connectivity index (χ2v) is 18.7. The number of quaternary nitrogens is 1. The lowest BCUT2D eigenvalue weighted by molar-refractivity contribution is -0.672. The molecule has 8 rings (SSSR count). The summed E-state index contributed by atoms with van der Waals surface area (Å²) in [6.45, 7) is 4.77. The van der Waals surface area contributed by atoms with Crippen molar-refractivity contribution < 1.29 is 72.8 Å². The SMILES string of the molecule is CN[C@H]1CCCCn2c1nc(C(=O)NCc1ccc(F)cc1)c(O)c2=O.C[NH2+][C@H]1CCCCn2c1nc(C(=O)NCc1ccc(F)cc1)c(O)c2=O.Cc1ccc(C(=O)O[C@@H](C(=O)[O-])[C@@H](OC(=O)c2ccc(C)cc2)C(=O)[O-])cc1. The third-order valence-electron chi connectivity index (χ3n) is 13.0. The van der Waals surface area contributed by atoms with Gasteiger partial charge in [0.25, 0.3) is 22.9 Å². The van der Waals surface area contributed by atoms with Crippen LogP contribution in [0.25, 0.3) is 0 Å². The number of carbonyl (C=O) groups excluding carboxylic acids is 6. The number of halogens is 2. The summed E-state index contributed by atoms with van der Waals surface area (Å²) in [5, 5.41) is 53.4. The Morgan fingerprint density at radius 1 is 0.625 bits per heavy atom. The van der Waals surface area contributed by atoms with Gasteiger partial charge in [-0.15, -0.1) is 0 Å². The van der Waals surface area contributed by atoms with E-state index < -0.39 is 70.5 Å². The molecule has 422 valence electrons. The lowest BCUT2D eigenvalue weighted by Crippen LogP contribution is -2.81. The number of nitrogens with two attached hydrogens (primary N) is 1. The zero-order chi connectivity index (χ0) is 58.2. The molecule has 0 unspecified atom stereocenters. The predicted molar refractivity (Wildman–Crippen MR) is 276 cm³/mol. The molecule has 0 aliphatic carbocycles. The summed E-state index contributed by atoms with van der Waals surface area (Å²) >= 11 is 0. The van der Waals surface area contributed by atoms with Gasteiger partial charge in [-0.25, -0.2) is 28.3 Å². The van der Waals surface area contributed by atoms with E-state index in [-0.39, 0.29) is 59.3 Å². The molecule has 6 aromatic rings. The summed E-state index contributed by atoms with van der Waals surface area (Å²) in [4.78, 5) is 105. The number of aromatic nitrogens is 4. The monoisotopic (exact) mass is 1110 g/mol. The third kappa shape index (κ3) is 15.5. The summed E-state index contributed by atoms with van der Waals surface area (Å²) in [5.74, 6) is -8.66. The number of carboxylic acid groups (broad SMARTS) is 2. The number of hydrogen-bond acceptors (Lipinski definition) is 17. The molecule has 0 radical (unpaired) electrons. The molecule has 4 heterocycles. The lowest BCUT2D eigenvalue weighted by atomic mass is 10.1. The Bertz CT molecular complexity index is 3100. The summed E-state index contributed by atoms with van der Waals surface area (Å²) < 4.78 is 38.2. The first-order valence-electron chi connectivity index (χ1n) is 25.4. The number of rotatable bonds is 15. The van der Waals surface area contributed by atoms with Crippen LogP contribution in [0.4, 0.5) is 8.78 Å². The van der Waals surface area contributed by atoms with Crippen molar-refractivity contribution in [1.82, 2.24) is 35.1 Å². The molecule has 2 aliphatic heterocycles. The first-order valence-corrected chi connectivity index (χ1v) is 25.4. The standard InChI is InChI=1S/C20H18O8.2C18H21FN4O3/c1-11-3-7-13(8-4-11)19(25)27-15(17(21)22)16(18(23)24)28-20(26)14-9-5-12(2)6-10-14;2*1-20-13-4-2-3-9-23-16(13)22-14(15(24)18(23)26)17(25)21-10-11-5-7-12(19)8-6-11/h3-10,15-16H,1-2H3,(H,21,22)(H,23,24);2*5-8,13,20,24H,2-4,9-10H2,1H3,(H,21,25)/p-1/t15-,16-;2*13-/m100/s1. The average Bonchev–Trinajstić information content (AvgIpc) is 3.80. The first-order chi connectivity index (χ1) is 38.2. The molecule has 0 saturated carbocycles. The van der Waals surface area contributed by atoms with Crippen molar-refractivity contribution >= 4 is 35.7 Å². The molecule has 2 amide bonds. The van der Waals surface area contributed by atoms with Crippen molar-refractivity contribution in [3.63, 3.8) is 0 Å². The van der Waals surface area contributed by atoms with E-state index in [2.05, 4.69) is 25.9 Å². The second-order valence-electron chi connectivity index (χ2n) is 18.7. The molecule has 2 aliphatic rings. The van der Waals surface area contributed by atoms with Gasteiger partial charge in [0.05, 0.1) is 36.2 Å². The zero-order valence-corrected chi connectivity index (χ0v) is 44.0. The van der Waals surface area contributed by atoms with Crippen LogP contribution in [0.5, 0.6) is 11.5 Å². The molecule has 80 heavy (non-hydrogen) atoms. The summed E-state index contributed by atoms with van der Waals surface area (Å²) in [6, 6.07) is 23.0. The van der Waals surface area contributed by atoms with Crippen molar-refractivity contribution in [2.75, 3.05) is 14.1 Å². The van der Waals surface area contributed by atoms with Crippen LogP contribution in [0.15, 0.2) is 107 Å². The van der Waals surface area contributed by atoms with Crippen molar-refractivity contribution in [1.29, 1.82) is 0 Å². The molecular weight excluding hydrogens is 1050 g/mol. The van der Waals surface area contributed by atoms with Gasteiger partial charge in [-0.05, 0) is 113 Å². The molecule has 0 fully saturated rings. The number of aliphatic carboxylic acids is 2. The number of amides is 2. The predicted octanol–water partition coefficient (Wildman–Crippen LogP) is 1.45. The topological polar surface area (TPSA) is 330 Å². The number of aryl methyl sites for hydroxylation is 2. The van der Waals surface area contributed by atoms with E-state index >= 15 is 0 Å². The molecule has 7 N–H and O–H groups in total. The highest BCUT2D eigenvalue weighted by atomic mass is 19.1. The van der Waals surface area contributed by atoms with Gasteiger partial charge < -0.3 is 60.8 Å². The molecule has 4 aromatic carbocycles. The van der Waals surface area contributed by atoms with Gasteiger partial charge in [0.15, 0.2) is 29.4 Å². The highest BCUT2D eigenvalue weighted by Crippen LogP contribution is 2.25. The highest BCUT2D eigenvalue weighted by molar-refractivity contribution is 5.96. The molecule has 2 aromatic heterocycles. The van der Waals surface area contributed by atoms with Gasteiger partial charge in [-0.2, -0.15) is 0 Å². The largest absolute Gasteiger partial charge is 0.546 e. The minimum absolute atomic E-state index is 0.0150. The molecule has 24 heteroatoms. The molecule has 0 spiro atoms. The number of fused-ring (bicyclic) bond motifs is 2. The maximum absolute atomic E-state index is 12.9. The molecule has 4 atom stereocenters. The Morgan fingerprint density at radius 3 is 1.40 bits per heavy atom. The van der Waals surface area contributed by atoms with Gasteiger partial charge in [-0.1, -0.05) is 59.7 Å². The van der Waals surface area contributed by atoms with Crippen LogP contribution in [-0.4, -0.2) is 91.3 Å². The van der Waals surface area contributed by atoms with Gasteiger partial charge in [0, 0.05) is 32.6 Å². The number of nitrogens with one attached hydrogen (secondary N) is 3. The van der Waals surface area contributed by atoms with E-state index in [1.54, 1.807) is 69.4 Å². The van der Waals surface area contributed by atoms with Crippen LogP contribution in [0.3, 0.4) is 0 Å². The summed E-state index contributed by atoms with van der Waals surface area (Å²) in [6.07, 6.45) is 0.360. The molecule has 0 saturated heterocycles. The number of carboxylic acids is 2. The van der Waals surface area contributed by atoms with E-state index in [9.17, 15) is 67.6 Å². The fourth-order valence-electron chi connectivity index (χ4n) is 8.47. The van der Waals surface area contributed by atoms with Crippen LogP contribution in [0.1, 0.15) is 126 Å². The van der Waals surface area contributed by atoms with Crippen LogP contribution >= 0.6 is 0 Å². The lowest BCUT2D eigenvalue weighted by Gasteiger charge is -2.28. The van der Waals surface area contributed by atoms with Crippen LogP contribution < -0.4 is 42.6 Å². The first kappa shape index (κ1) is 60.1. The van der Waals surface area contributed by atoms with Gasteiger partial charge >= 0.3 is 11.9 Å². The zero-order valence-electron chi connectivity index (χ0n) is 44.0. The Hall–Kier alpha value is -9.16. The Kier molecular flexibility index (Phi) is 21.0. The Labute approximate surface area is 456 Å². The average molecular weight is 1110 g/mol. The minimum Gasteiger partial charge on any atom is -0.546 e. The van der Waals surface area contributed by atoms with Crippen molar-refractivity contribution in [3.8, 4) is 11.5 Å². The summed E-state index contributed by atoms with van der Waals surface area (Å²) in [7, 11) is 3.67. The van der Waals surface area contributed by atoms with E-state index in [4.69, 9.17) is 9.47 Å². The Balaban J connectivity index is 0.000000194. The van der Waals surface area contributed by atoms with E-state index in [0.29, 0.717) is 35.9 Å². The quantitative estimate of drug-likeness (QED) is 0.0793. The minimum atomic E-state index is -2.40. The number of ether oxygens (including phenoxy) is 2. The summed E-state index contributed by atoms with van der Waals surface area (Å²) in [5.41, 5.74) is 1.30. The number of nitrogens with zero attached hydrogens (tertiary/aromatic N) is 4. The maximum Gasteiger partial charge on any atom is 0.338 e. The van der Waals surface area contributed by atoms with Gasteiger partial charge in [0.2, 0.25) is 11.5 Å². The van der Waals surface area contributed by atoms with Crippen molar-refractivity contribution in [2.24, 2.45) is 0 Å². The molecule has 0 bridgehead atoms. The van der Waals surface area contributed by atoms with Crippen molar-refractivity contribution in [2.45, 2.75) is 103 Å². The van der Waals surface area contributed by atoms with E-state index in [0.717, 1.165) is 49.7 Å². The van der Waals surface area contributed by atoms with E-state index in [1.165, 1.54) is 57.7 Å². The number of carbonyl (C=O) groups is 6. The normalized spacial score (nSPS) is 15.2. The number of hydrogen-bond donors (Lipinski definition) is 6. The molecule has 22 nitrogen and oxygen atoms in total. The second kappa shape index (κ2) is 27.9. The van der Waals surface area contributed by atoms with Gasteiger partial charge in [0.1, 0.15) is 23.5 Å². The number of esters is 2. The number of benzene rings is 4. The van der Waals surface area contributed by atoms with E-state index in [1.807, 2.05) is 12.4 Å². The van der Waals surface area contributed by atoms with Crippen LogP contribution in [-0.2, 0) is 45.2 Å². The fourth-order valence-corrected chi connectivity index (χ4v) is 8.47. The smallest absolute Gasteiger partial charge is 0.338 e. The number of aromatic hydroxyl groups is 2. The maximum atomic E-state index is 12.9. The third-order valence-corrected chi connectivity index (χ3v) is 13.0. The highest BCUT2D eigenvalue weighted by Gasteiger charge is 2.33. The fraction of sp³-hybridized carbons (Fsp3) is 0.321.